The molecule has 0 bridgehead atoms. The molecule has 1 unspecified atom stereocenters. The summed E-state index contributed by atoms with van der Waals surface area (Å²) in [6, 6.07) is 7.82. The highest BCUT2D eigenvalue weighted by Gasteiger charge is 2.16. The van der Waals surface area contributed by atoms with Gasteiger partial charge in [-0.1, -0.05) is 32.6 Å². The Hall–Kier alpha value is -1.27. The van der Waals surface area contributed by atoms with E-state index in [1.54, 1.807) is 6.92 Å². The SMILES string of the molecule is Cc1nnsc1C(=O)NC(C)c1ccc(Br)cc1. The first kappa shape index (κ1) is 13.2. The van der Waals surface area contributed by atoms with Gasteiger partial charge in [-0.25, -0.2) is 0 Å². The lowest BCUT2D eigenvalue weighted by Gasteiger charge is -2.13. The van der Waals surface area contributed by atoms with Crippen LogP contribution < -0.4 is 5.32 Å². The average molecular weight is 326 g/mol. The smallest absolute Gasteiger partial charge is 0.265 e. The van der Waals surface area contributed by atoms with Gasteiger partial charge in [-0.15, -0.1) is 5.10 Å². The number of hydrogen-bond donors (Lipinski definition) is 1. The minimum absolute atomic E-state index is 0.0490. The zero-order valence-electron chi connectivity index (χ0n) is 9.98. The molecule has 0 aliphatic rings. The maximum atomic E-state index is 12.0. The number of nitrogens with one attached hydrogen (secondary N) is 1. The molecule has 4 nitrogen and oxygen atoms in total. The summed E-state index contributed by atoms with van der Waals surface area (Å²) in [4.78, 5) is 12.6. The van der Waals surface area contributed by atoms with Gasteiger partial charge in [0.1, 0.15) is 4.88 Å². The molecule has 1 amide bonds. The lowest BCUT2D eigenvalue weighted by atomic mass is 10.1. The van der Waals surface area contributed by atoms with Crippen molar-refractivity contribution in [3.8, 4) is 0 Å². The summed E-state index contributed by atoms with van der Waals surface area (Å²) in [6.07, 6.45) is 0. The van der Waals surface area contributed by atoms with Crippen LogP contribution in [-0.2, 0) is 0 Å². The van der Waals surface area contributed by atoms with Crippen molar-refractivity contribution in [2.75, 3.05) is 0 Å². The van der Waals surface area contributed by atoms with Crippen molar-refractivity contribution in [2.45, 2.75) is 19.9 Å². The van der Waals surface area contributed by atoms with Crippen LogP contribution in [0.4, 0.5) is 0 Å². The van der Waals surface area contributed by atoms with E-state index in [2.05, 4.69) is 30.8 Å². The van der Waals surface area contributed by atoms with Gasteiger partial charge in [0.05, 0.1) is 11.7 Å². The number of halogens is 1. The van der Waals surface area contributed by atoms with Gasteiger partial charge in [0.2, 0.25) is 0 Å². The highest BCUT2D eigenvalue weighted by Crippen LogP contribution is 2.18. The van der Waals surface area contributed by atoms with Gasteiger partial charge in [-0.2, -0.15) is 0 Å². The molecule has 1 N–H and O–H groups in total. The first-order valence-corrected chi connectivity index (χ1v) is 7.00. The third-order valence-corrected chi connectivity index (χ3v) is 3.93. The quantitative estimate of drug-likeness (QED) is 0.943. The highest BCUT2D eigenvalue weighted by atomic mass is 79.9. The van der Waals surface area contributed by atoms with Crippen LogP contribution in [0.25, 0.3) is 0 Å². The maximum absolute atomic E-state index is 12.0. The van der Waals surface area contributed by atoms with E-state index in [0.717, 1.165) is 21.6 Å². The second kappa shape index (κ2) is 5.58. The summed E-state index contributed by atoms with van der Waals surface area (Å²) >= 11 is 4.50. The number of nitrogens with zero attached hydrogens (tertiary/aromatic N) is 2. The molecule has 1 aromatic heterocycles. The summed E-state index contributed by atoms with van der Waals surface area (Å²) in [6.45, 7) is 3.73. The van der Waals surface area contributed by atoms with Crippen LogP contribution in [0.15, 0.2) is 28.7 Å². The molecule has 2 rings (SSSR count). The van der Waals surface area contributed by atoms with Gasteiger partial charge in [0.25, 0.3) is 5.91 Å². The van der Waals surface area contributed by atoms with Crippen LogP contribution in [0.5, 0.6) is 0 Å². The van der Waals surface area contributed by atoms with E-state index >= 15 is 0 Å². The van der Waals surface area contributed by atoms with Gasteiger partial charge < -0.3 is 5.32 Å². The normalized spacial score (nSPS) is 12.2. The molecular weight excluding hydrogens is 314 g/mol. The van der Waals surface area contributed by atoms with Crippen LogP contribution >= 0.6 is 27.5 Å². The van der Waals surface area contributed by atoms with E-state index in [4.69, 9.17) is 0 Å². The molecule has 0 radical (unpaired) electrons. The molecular formula is C12H12BrN3OS. The van der Waals surface area contributed by atoms with Crippen molar-refractivity contribution in [1.82, 2.24) is 14.9 Å². The molecule has 1 heterocycles. The molecule has 0 aliphatic heterocycles. The third-order valence-electron chi connectivity index (χ3n) is 2.58. The zero-order valence-corrected chi connectivity index (χ0v) is 12.4. The van der Waals surface area contributed by atoms with Crippen LogP contribution in [0.2, 0.25) is 0 Å². The monoisotopic (exact) mass is 325 g/mol. The number of hydrogen-bond acceptors (Lipinski definition) is 4. The summed E-state index contributed by atoms with van der Waals surface area (Å²) < 4.78 is 4.78. The molecule has 2 aromatic rings. The van der Waals surface area contributed by atoms with Gasteiger partial charge in [-0.3, -0.25) is 4.79 Å². The van der Waals surface area contributed by atoms with Gasteiger partial charge in [0.15, 0.2) is 0 Å². The zero-order chi connectivity index (χ0) is 13.1. The molecule has 1 aromatic carbocycles. The average Bonchev–Trinajstić information content (AvgIpc) is 2.76. The summed E-state index contributed by atoms with van der Waals surface area (Å²) in [5.74, 6) is -0.127. The molecule has 6 heteroatoms. The Morgan fingerprint density at radius 1 is 1.39 bits per heavy atom. The standard InChI is InChI=1S/C12H12BrN3OS/c1-7(9-3-5-10(13)6-4-9)14-12(17)11-8(2)15-16-18-11/h3-7H,1-2H3,(H,14,17). The van der Waals surface area contributed by atoms with Gasteiger partial charge in [0, 0.05) is 4.47 Å². The fraction of sp³-hybridized carbons (Fsp3) is 0.250. The Balaban J connectivity index is 2.08. The summed E-state index contributed by atoms with van der Waals surface area (Å²) in [5, 5.41) is 6.77. The van der Waals surface area contributed by atoms with E-state index in [9.17, 15) is 4.79 Å². The van der Waals surface area contributed by atoms with Crippen molar-refractivity contribution in [2.24, 2.45) is 0 Å². The molecule has 1 atom stereocenters. The molecule has 94 valence electrons. The van der Waals surface area contributed by atoms with Crippen LogP contribution in [0, 0.1) is 6.92 Å². The van der Waals surface area contributed by atoms with Crippen molar-refractivity contribution < 1.29 is 4.79 Å². The van der Waals surface area contributed by atoms with E-state index < -0.39 is 0 Å². The van der Waals surface area contributed by atoms with Crippen molar-refractivity contribution >= 4 is 33.4 Å². The fourth-order valence-corrected chi connectivity index (χ4v) is 2.36. The predicted octanol–water partition coefficient (Wildman–Crippen LogP) is 3.10. The first-order chi connectivity index (χ1) is 8.58. The first-order valence-electron chi connectivity index (χ1n) is 5.43. The number of benzene rings is 1. The Kier molecular flexibility index (Phi) is 4.08. The number of aromatic nitrogens is 2. The molecule has 0 fully saturated rings. The summed E-state index contributed by atoms with van der Waals surface area (Å²) in [7, 11) is 0. The van der Waals surface area contributed by atoms with Crippen LogP contribution in [0.1, 0.15) is 33.9 Å². The largest absolute Gasteiger partial charge is 0.345 e. The Morgan fingerprint density at radius 3 is 2.61 bits per heavy atom. The molecule has 0 spiro atoms. The Bertz CT molecular complexity index is 553. The third kappa shape index (κ3) is 2.94. The van der Waals surface area contributed by atoms with Crippen LogP contribution in [0.3, 0.4) is 0 Å². The van der Waals surface area contributed by atoms with Gasteiger partial charge in [-0.05, 0) is 43.1 Å². The van der Waals surface area contributed by atoms with Crippen LogP contribution in [-0.4, -0.2) is 15.5 Å². The van der Waals surface area contributed by atoms with Crippen molar-refractivity contribution in [3.05, 3.63) is 44.9 Å². The summed E-state index contributed by atoms with van der Waals surface area (Å²) in [5.41, 5.74) is 1.72. The number of aryl methyl sites for hydroxylation is 1. The van der Waals surface area contributed by atoms with Crippen molar-refractivity contribution in [1.29, 1.82) is 0 Å². The Labute approximate surface area is 118 Å². The molecule has 0 saturated heterocycles. The van der Waals surface area contributed by atoms with E-state index in [1.807, 2.05) is 31.2 Å². The number of rotatable bonds is 3. The molecule has 18 heavy (non-hydrogen) atoms. The lowest BCUT2D eigenvalue weighted by Crippen LogP contribution is -2.26. The fourth-order valence-electron chi connectivity index (χ4n) is 1.54. The van der Waals surface area contributed by atoms with Gasteiger partial charge >= 0.3 is 0 Å². The maximum Gasteiger partial charge on any atom is 0.265 e. The van der Waals surface area contributed by atoms with E-state index in [1.165, 1.54) is 0 Å². The minimum Gasteiger partial charge on any atom is -0.345 e. The van der Waals surface area contributed by atoms with E-state index in [-0.39, 0.29) is 11.9 Å². The molecule has 0 aliphatic carbocycles. The number of carbonyl (C=O) groups excluding carboxylic acids is 1. The number of amides is 1. The topological polar surface area (TPSA) is 54.9 Å². The number of carbonyl (C=O) groups is 1. The lowest BCUT2D eigenvalue weighted by molar-refractivity contribution is 0.0943. The Morgan fingerprint density at radius 2 is 2.06 bits per heavy atom. The second-order valence-corrected chi connectivity index (χ2v) is 5.60. The minimum atomic E-state index is -0.127. The van der Waals surface area contributed by atoms with Crippen molar-refractivity contribution in [3.63, 3.8) is 0 Å². The molecule has 0 saturated carbocycles. The second-order valence-electron chi connectivity index (χ2n) is 3.93. The predicted molar refractivity (Wildman–Crippen MR) is 74.7 cm³/mol. The van der Waals surface area contributed by atoms with E-state index in [0.29, 0.717) is 10.6 Å². The highest BCUT2D eigenvalue weighted by molar-refractivity contribution is 9.10.